The van der Waals surface area contributed by atoms with E-state index < -0.39 is 23.3 Å². The summed E-state index contributed by atoms with van der Waals surface area (Å²) in [6.45, 7) is 4.62. The van der Waals surface area contributed by atoms with Gasteiger partial charge in [0.15, 0.2) is 5.60 Å². The molecule has 1 fully saturated rings. The Labute approximate surface area is 177 Å². The van der Waals surface area contributed by atoms with Crippen LogP contribution in [0.4, 0.5) is 18.9 Å². The lowest BCUT2D eigenvalue weighted by Crippen LogP contribution is -2.49. The first-order valence-electron chi connectivity index (χ1n) is 9.72. The van der Waals surface area contributed by atoms with Crippen molar-refractivity contribution in [2.75, 3.05) is 31.1 Å². The number of rotatable bonds is 5. The minimum Gasteiger partial charge on any atom is -0.478 e. The number of alkyl halides is 3. The van der Waals surface area contributed by atoms with E-state index in [1.165, 1.54) is 26.0 Å². The third-order valence-corrected chi connectivity index (χ3v) is 5.11. The summed E-state index contributed by atoms with van der Waals surface area (Å²) in [7, 11) is 0. The van der Waals surface area contributed by atoms with Crippen LogP contribution < -0.4 is 9.64 Å². The molecular weight excluding hydrogens is 413 g/mol. The molecule has 1 N–H and O–H groups in total. The molecule has 1 aliphatic rings. The van der Waals surface area contributed by atoms with E-state index in [4.69, 9.17) is 4.74 Å². The van der Waals surface area contributed by atoms with Gasteiger partial charge in [-0.05, 0) is 50.2 Å². The van der Waals surface area contributed by atoms with E-state index in [0.29, 0.717) is 31.9 Å². The van der Waals surface area contributed by atoms with Crippen molar-refractivity contribution in [2.24, 2.45) is 0 Å². The molecule has 0 saturated carbocycles. The van der Waals surface area contributed by atoms with E-state index in [1.54, 1.807) is 17.0 Å². The molecule has 1 heterocycles. The van der Waals surface area contributed by atoms with E-state index in [0.717, 1.165) is 17.8 Å². The van der Waals surface area contributed by atoms with E-state index in [-0.39, 0.29) is 11.5 Å². The number of para-hydroxylation sites is 2. The van der Waals surface area contributed by atoms with Gasteiger partial charge in [0, 0.05) is 31.7 Å². The molecule has 2 aromatic rings. The van der Waals surface area contributed by atoms with Crippen molar-refractivity contribution in [1.82, 2.24) is 4.90 Å². The summed E-state index contributed by atoms with van der Waals surface area (Å²) in [4.78, 5) is 27.6. The van der Waals surface area contributed by atoms with Crippen LogP contribution in [-0.4, -0.2) is 53.7 Å². The lowest BCUT2D eigenvalue weighted by Gasteiger charge is -2.37. The van der Waals surface area contributed by atoms with Crippen molar-refractivity contribution < 1.29 is 32.6 Å². The fraction of sp³-hybridized carbons (Fsp3) is 0.364. The molecule has 0 bridgehead atoms. The summed E-state index contributed by atoms with van der Waals surface area (Å²) in [5, 5.41) is 9.32. The highest BCUT2D eigenvalue weighted by molar-refractivity contribution is 5.94. The third kappa shape index (κ3) is 5.10. The number of carbonyl (C=O) groups excluding carboxylic acids is 1. The molecule has 166 valence electrons. The predicted molar refractivity (Wildman–Crippen MR) is 108 cm³/mol. The zero-order chi connectivity index (χ0) is 22.8. The SMILES string of the molecule is CC(C)(Oc1ccccc1N1CCN(C(=O)c2ccc(C(F)(F)F)cc2)CC1)C(=O)O. The number of hydrogen-bond donors (Lipinski definition) is 1. The van der Waals surface area contributed by atoms with Crippen molar-refractivity contribution in [3.8, 4) is 5.75 Å². The average molecular weight is 436 g/mol. The van der Waals surface area contributed by atoms with Gasteiger partial charge < -0.3 is 19.6 Å². The molecule has 2 aromatic carbocycles. The average Bonchev–Trinajstić information content (AvgIpc) is 2.73. The molecule has 0 aromatic heterocycles. The van der Waals surface area contributed by atoms with Gasteiger partial charge in [-0.2, -0.15) is 13.2 Å². The largest absolute Gasteiger partial charge is 0.478 e. The normalized spacial score (nSPS) is 15.0. The van der Waals surface area contributed by atoms with Crippen LogP contribution >= 0.6 is 0 Å². The molecule has 9 heteroatoms. The number of carbonyl (C=O) groups is 2. The molecule has 1 saturated heterocycles. The minimum absolute atomic E-state index is 0.202. The molecule has 0 atom stereocenters. The molecule has 0 spiro atoms. The molecule has 0 unspecified atom stereocenters. The highest BCUT2D eigenvalue weighted by atomic mass is 19.4. The van der Waals surface area contributed by atoms with Crippen LogP contribution in [0.15, 0.2) is 48.5 Å². The van der Waals surface area contributed by atoms with Gasteiger partial charge in [0.25, 0.3) is 5.91 Å². The Hall–Kier alpha value is -3.23. The van der Waals surface area contributed by atoms with Crippen molar-refractivity contribution in [3.05, 3.63) is 59.7 Å². The van der Waals surface area contributed by atoms with Crippen molar-refractivity contribution in [1.29, 1.82) is 0 Å². The van der Waals surface area contributed by atoms with Crippen molar-refractivity contribution >= 4 is 17.6 Å². The summed E-state index contributed by atoms with van der Waals surface area (Å²) in [6, 6.07) is 11.3. The molecule has 0 radical (unpaired) electrons. The summed E-state index contributed by atoms with van der Waals surface area (Å²) in [5.74, 6) is -0.989. The Bertz CT molecular complexity index is 950. The smallest absolute Gasteiger partial charge is 0.416 e. The maximum atomic E-state index is 12.7. The minimum atomic E-state index is -4.45. The number of piperazine rings is 1. The van der Waals surface area contributed by atoms with E-state index in [1.807, 2.05) is 17.0 Å². The van der Waals surface area contributed by atoms with Crippen LogP contribution in [0.25, 0.3) is 0 Å². The summed E-state index contributed by atoms with van der Waals surface area (Å²) < 4.78 is 43.9. The highest BCUT2D eigenvalue weighted by Crippen LogP contribution is 2.32. The number of benzene rings is 2. The highest BCUT2D eigenvalue weighted by Gasteiger charge is 2.32. The van der Waals surface area contributed by atoms with Crippen LogP contribution in [-0.2, 0) is 11.0 Å². The quantitative estimate of drug-likeness (QED) is 0.770. The van der Waals surface area contributed by atoms with E-state index in [2.05, 4.69) is 0 Å². The van der Waals surface area contributed by atoms with Crippen LogP contribution in [0.1, 0.15) is 29.8 Å². The van der Waals surface area contributed by atoms with Gasteiger partial charge in [0.1, 0.15) is 5.75 Å². The number of halogens is 3. The van der Waals surface area contributed by atoms with E-state index in [9.17, 15) is 27.9 Å². The van der Waals surface area contributed by atoms with Crippen LogP contribution in [0.5, 0.6) is 5.75 Å². The second-order valence-electron chi connectivity index (χ2n) is 7.74. The van der Waals surface area contributed by atoms with Crippen LogP contribution in [0, 0.1) is 0 Å². The number of carboxylic acids is 1. The van der Waals surface area contributed by atoms with Gasteiger partial charge in [0.05, 0.1) is 11.3 Å². The number of anilines is 1. The number of nitrogens with zero attached hydrogens (tertiary/aromatic N) is 2. The maximum Gasteiger partial charge on any atom is 0.416 e. The van der Waals surface area contributed by atoms with Crippen molar-refractivity contribution in [3.63, 3.8) is 0 Å². The fourth-order valence-electron chi connectivity index (χ4n) is 3.26. The standard InChI is InChI=1S/C22H23F3N2O4/c1-21(2,20(29)30)31-18-6-4-3-5-17(18)26-11-13-27(14-12-26)19(28)15-7-9-16(10-8-15)22(23,24)25/h3-10H,11-14H2,1-2H3,(H,29,30). The summed E-state index contributed by atoms with van der Waals surface area (Å²) in [6.07, 6.45) is -4.45. The number of ether oxygens (including phenoxy) is 1. The first-order valence-corrected chi connectivity index (χ1v) is 9.72. The topological polar surface area (TPSA) is 70.1 Å². The Morgan fingerprint density at radius 2 is 1.52 bits per heavy atom. The van der Waals surface area contributed by atoms with Gasteiger partial charge in [-0.15, -0.1) is 0 Å². The molecular formula is C22H23F3N2O4. The first kappa shape index (κ1) is 22.5. The number of aliphatic carboxylic acids is 1. The number of carboxylic acid groups (broad SMARTS) is 1. The summed E-state index contributed by atoms with van der Waals surface area (Å²) >= 11 is 0. The fourth-order valence-corrected chi connectivity index (χ4v) is 3.26. The molecule has 3 rings (SSSR count). The monoisotopic (exact) mass is 436 g/mol. The summed E-state index contributed by atoms with van der Waals surface area (Å²) in [5.41, 5.74) is -1.28. The lowest BCUT2D eigenvalue weighted by molar-refractivity contribution is -0.152. The van der Waals surface area contributed by atoms with Gasteiger partial charge in [0.2, 0.25) is 0 Å². The second-order valence-corrected chi connectivity index (χ2v) is 7.74. The number of amides is 1. The maximum absolute atomic E-state index is 12.7. The Morgan fingerprint density at radius 1 is 0.935 bits per heavy atom. The van der Waals surface area contributed by atoms with Gasteiger partial charge >= 0.3 is 12.1 Å². The third-order valence-electron chi connectivity index (χ3n) is 5.11. The Balaban J connectivity index is 1.67. The van der Waals surface area contributed by atoms with Crippen LogP contribution in [0.2, 0.25) is 0 Å². The molecule has 0 aliphatic carbocycles. The van der Waals surface area contributed by atoms with Crippen molar-refractivity contribution in [2.45, 2.75) is 25.6 Å². The van der Waals surface area contributed by atoms with Gasteiger partial charge in [-0.3, -0.25) is 4.79 Å². The zero-order valence-electron chi connectivity index (χ0n) is 17.1. The lowest BCUT2D eigenvalue weighted by atomic mass is 10.1. The molecule has 1 amide bonds. The zero-order valence-corrected chi connectivity index (χ0v) is 17.1. The number of hydrogen-bond acceptors (Lipinski definition) is 4. The van der Waals surface area contributed by atoms with E-state index >= 15 is 0 Å². The Kier molecular flexibility index (Phi) is 6.15. The molecule has 31 heavy (non-hydrogen) atoms. The first-order chi connectivity index (χ1) is 14.5. The Morgan fingerprint density at radius 3 is 2.06 bits per heavy atom. The van der Waals surface area contributed by atoms with Gasteiger partial charge in [-0.25, -0.2) is 4.79 Å². The predicted octanol–water partition coefficient (Wildman–Crippen LogP) is 3.91. The molecule has 6 nitrogen and oxygen atoms in total. The van der Waals surface area contributed by atoms with Gasteiger partial charge in [-0.1, -0.05) is 12.1 Å². The van der Waals surface area contributed by atoms with Crippen LogP contribution in [0.3, 0.4) is 0 Å². The molecule has 1 aliphatic heterocycles. The second kappa shape index (κ2) is 8.49.